The second kappa shape index (κ2) is 5.89. The van der Waals surface area contributed by atoms with Crippen molar-refractivity contribution in [1.82, 2.24) is 9.78 Å². The molecule has 0 amide bonds. The Morgan fingerprint density at radius 3 is 2.75 bits per heavy atom. The maximum atomic E-state index is 8.81. The van der Waals surface area contributed by atoms with Crippen LogP contribution < -0.4 is 5.32 Å². The molecule has 1 heterocycles. The van der Waals surface area contributed by atoms with E-state index in [0.717, 1.165) is 5.69 Å². The van der Waals surface area contributed by atoms with E-state index in [9.17, 15) is 0 Å². The van der Waals surface area contributed by atoms with Crippen molar-refractivity contribution in [3.8, 4) is 0 Å². The van der Waals surface area contributed by atoms with Crippen molar-refractivity contribution in [1.29, 1.82) is 0 Å². The number of hydrogen-bond donors (Lipinski definition) is 2. The lowest BCUT2D eigenvalue weighted by atomic mass is 10.1. The molecule has 1 aliphatic carbocycles. The van der Waals surface area contributed by atoms with Gasteiger partial charge in [0, 0.05) is 12.2 Å². The molecule has 0 unspecified atom stereocenters. The second-order valence-corrected chi connectivity index (χ2v) is 4.55. The number of nitrogens with zero attached hydrogens (tertiary/aromatic N) is 2. The average molecular weight is 223 g/mol. The summed E-state index contributed by atoms with van der Waals surface area (Å²) in [6, 6.07) is 0.606. The van der Waals surface area contributed by atoms with Crippen LogP contribution in [-0.2, 0) is 6.54 Å². The van der Waals surface area contributed by atoms with E-state index in [-0.39, 0.29) is 6.61 Å². The first-order valence-electron chi connectivity index (χ1n) is 6.28. The minimum Gasteiger partial charge on any atom is -0.394 e. The Bertz CT molecular complexity index is 303. The standard InChI is InChI=1S/C12H21N3O/c16-8-7-15-10-12(9-13-15)14-11-5-3-1-2-4-6-11/h9-11,14,16H,1-8H2. The topological polar surface area (TPSA) is 50.1 Å². The minimum absolute atomic E-state index is 0.143. The zero-order chi connectivity index (χ0) is 11.2. The lowest BCUT2D eigenvalue weighted by Gasteiger charge is -2.15. The Morgan fingerprint density at radius 2 is 2.06 bits per heavy atom. The molecule has 1 saturated carbocycles. The largest absolute Gasteiger partial charge is 0.394 e. The average Bonchev–Trinajstić information content (AvgIpc) is 2.56. The van der Waals surface area contributed by atoms with Gasteiger partial charge in [-0.2, -0.15) is 5.10 Å². The van der Waals surface area contributed by atoms with Crippen LogP contribution in [0.15, 0.2) is 12.4 Å². The van der Waals surface area contributed by atoms with E-state index in [2.05, 4.69) is 10.4 Å². The highest BCUT2D eigenvalue weighted by molar-refractivity contribution is 5.39. The Balaban J connectivity index is 1.86. The first kappa shape index (κ1) is 11.5. The highest BCUT2D eigenvalue weighted by Gasteiger charge is 2.12. The number of anilines is 1. The minimum atomic E-state index is 0.143. The maximum absolute atomic E-state index is 8.81. The van der Waals surface area contributed by atoms with E-state index >= 15 is 0 Å². The zero-order valence-electron chi connectivity index (χ0n) is 9.73. The summed E-state index contributed by atoms with van der Waals surface area (Å²) < 4.78 is 1.78. The molecule has 2 N–H and O–H groups in total. The van der Waals surface area contributed by atoms with Gasteiger partial charge in [-0.3, -0.25) is 4.68 Å². The third-order valence-corrected chi connectivity index (χ3v) is 3.19. The van der Waals surface area contributed by atoms with Crippen LogP contribution in [0.2, 0.25) is 0 Å². The van der Waals surface area contributed by atoms with Crippen molar-refractivity contribution in [2.45, 2.75) is 51.1 Å². The van der Waals surface area contributed by atoms with Gasteiger partial charge in [-0.15, -0.1) is 0 Å². The van der Waals surface area contributed by atoms with Crippen LogP contribution in [0.3, 0.4) is 0 Å². The molecule has 0 atom stereocenters. The Kier molecular flexibility index (Phi) is 4.22. The molecule has 0 saturated heterocycles. The summed E-state index contributed by atoms with van der Waals surface area (Å²) in [5.41, 5.74) is 1.08. The van der Waals surface area contributed by atoms with Gasteiger partial charge in [0.25, 0.3) is 0 Å². The van der Waals surface area contributed by atoms with E-state index in [0.29, 0.717) is 12.6 Å². The van der Waals surface area contributed by atoms with E-state index in [4.69, 9.17) is 5.11 Å². The Labute approximate surface area is 96.7 Å². The molecular formula is C12H21N3O. The predicted molar refractivity (Wildman–Crippen MR) is 64.4 cm³/mol. The van der Waals surface area contributed by atoms with Crippen LogP contribution in [0.4, 0.5) is 5.69 Å². The van der Waals surface area contributed by atoms with Crippen LogP contribution >= 0.6 is 0 Å². The van der Waals surface area contributed by atoms with Crippen molar-refractivity contribution in [3.05, 3.63) is 12.4 Å². The molecule has 0 aromatic carbocycles. The van der Waals surface area contributed by atoms with Gasteiger partial charge < -0.3 is 10.4 Å². The van der Waals surface area contributed by atoms with E-state index in [1.807, 2.05) is 12.4 Å². The van der Waals surface area contributed by atoms with Crippen LogP contribution in [0.25, 0.3) is 0 Å². The fourth-order valence-corrected chi connectivity index (χ4v) is 2.32. The second-order valence-electron chi connectivity index (χ2n) is 4.55. The highest BCUT2D eigenvalue weighted by atomic mass is 16.3. The molecule has 1 aliphatic rings. The molecule has 1 fully saturated rings. The zero-order valence-corrected chi connectivity index (χ0v) is 9.73. The number of hydrogen-bond acceptors (Lipinski definition) is 3. The molecule has 4 heteroatoms. The summed E-state index contributed by atoms with van der Waals surface area (Å²) in [4.78, 5) is 0. The monoisotopic (exact) mass is 223 g/mol. The first-order chi connectivity index (χ1) is 7.88. The van der Waals surface area contributed by atoms with E-state index in [1.165, 1.54) is 38.5 Å². The van der Waals surface area contributed by atoms with Crippen LogP contribution in [0.1, 0.15) is 38.5 Å². The summed E-state index contributed by atoms with van der Waals surface area (Å²) >= 11 is 0. The fourth-order valence-electron chi connectivity index (χ4n) is 2.32. The molecule has 0 radical (unpaired) electrons. The van der Waals surface area contributed by atoms with Gasteiger partial charge in [-0.25, -0.2) is 0 Å². The number of aliphatic hydroxyl groups excluding tert-OH is 1. The summed E-state index contributed by atoms with van der Waals surface area (Å²) in [5.74, 6) is 0. The van der Waals surface area contributed by atoms with Gasteiger partial charge in [0.05, 0.1) is 25.0 Å². The summed E-state index contributed by atoms with van der Waals surface area (Å²) in [6.45, 7) is 0.719. The van der Waals surface area contributed by atoms with Crippen molar-refractivity contribution in [2.24, 2.45) is 0 Å². The predicted octanol–water partition coefficient (Wildman–Crippen LogP) is 2.01. The van der Waals surface area contributed by atoms with Crippen LogP contribution in [0, 0.1) is 0 Å². The number of nitrogens with one attached hydrogen (secondary N) is 1. The molecule has 90 valence electrons. The number of aliphatic hydroxyl groups is 1. The molecule has 0 bridgehead atoms. The van der Waals surface area contributed by atoms with Crippen molar-refractivity contribution < 1.29 is 5.11 Å². The van der Waals surface area contributed by atoms with Gasteiger partial charge >= 0.3 is 0 Å². The molecule has 2 rings (SSSR count). The number of rotatable bonds is 4. The van der Waals surface area contributed by atoms with Gasteiger partial charge in [0.15, 0.2) is 0 Å². The maximum Gasteiger partial charge on any atom is 0.0728 e. The van der Waals surface area contributed by atoms with E-state index in [1.54, 1.807) is 4.68 Å². The van der Waals surface area contributed by atoms with Crippen molar-refractivity contribution >= 4 is 5.69 Å². The van der Waals surface area contributed by atoms with E-state index < -0.39 is 0 Å². The third-order valence-electron chi connectivity index (χ3n) is 3.19. The quantitative estimate of drug-likeness (QED) is 0.768. The van der Waals surface area contributed by atoms with Gasteiger partial charge in [0.2, 0.25) is 0 Å². The summed E-state index contributed by atoms with van der Waals surface area (Å²) in [5, 5.41) is 16.5. The fraction of sp³-hybridized carbons (Fsp3) is 0.750. The number of aromatic nitrogens is 2. The van der Waals surface area contributed by atoms with Crippen molar-refractivity contribution in [3.63, 3.8) is 0 Å². The van der Waals surface area contributed by atoms with Crippen LogP contribution in [0.5, 0.6) is 0 Å². The molecule has 1 aromatic rings. The molecule has 0 spiro atoms. The van der Waals surface area contributed by atoms with Gasteiger partial charge in [-0.05, 0) is 12.8 Å². The van der Waals surface area contributed by atoms with Gasteiger partial charge in [-0.1, -0.05) is 25.7 Å². The summed E-state index contributed by atoms with van der Waals surface area (Å²) in [7, 11) is 0. The molecule has 1 aromatic heterocycles. The smallest absolute Gasteiger partial charge is 0.0728 e. The normalized spacial score (nSPS) is 18.3. The van der Waals surface area contributed by atoms with Crippen LogP contribution in [-0.4, -0.2) is 27.5 Å². The molecule has 16 heavy (non-hydrogen) atoms. The first-order valence-corrected chi connectivity index (χ1v) is 6.28. The highest BCUT2D eigenvalue weighted by Crippen LogP contribution is 2.20. The van der Waals surface area contributed by atoms with Crippen molar-refractivity contribution in [2.75, 3.05) is 11.9 Å². The summed E-state index contributed by atoms with van der Waals surface area (Å²) in [6.07, 6.45) is 11.8. The molecule has 0 aliphatic heterocycles. The lowest BCUT2D eigenvalue weighted by molar-refractivity contribution is 0.269. The lowest BCUT2D eigenvalue weighted by Crippen LogP contribution is -2.17. The Hall–Kier alpha value is -1.03. The third kappa shape index (κ3) is 3.23. The SMILES string of the molecule is OCCn1cc(NC2CCCCCC2)cn1. The van der Waals surface area contributed by atoms with Gasteiger partial charge in [0.1, 0.15) is 0 Å². The molecular weight excluding hydrogens is 202 g/mol. The molecule has 4 nitrogen and oxygen atoms in total. The Morgan fingerprint density at radius 1 is 1.31 bits per heavy atom.